The molecule has 6 nitrogen and oxygen atoms in total. The van der Waals surface area contributed by atoms with Crippen molar-refractivity contribution in [2.24, 2.45) is 5.41 Å². The number of aryl methyl sites for hydroxylation is 1. The normalized spacial score (nSPS) is 16.8. The van der Waals surface area contributed by atoms with Crippen LogP contribution in [-0.4, -0.2) is 30.3 Å². The van der Waals surface area contributed by atoms with E-state index in [-0.39, 0.29) is 39.1 Å². The molecule has 1 saturated heterocycles. The lowest BCUT2D eigenvalue weighted by atomic mass is 9.83. The highest BCUT2D eigenvalue weighted by molar-refractivity contribution is 5.94. The monoisotopic (exact) mass is 488 g/mol. The van der Waals surface area contributed by atoms with Gasteiger partial charge in [0.2, 0.25) is 0 Å². The number of rotatable bonds is 5. The van der Waals surface area contributed by atoms with Crippen LogP contribution in [0, 0.1) is 12.3 Å². The maximum atomic E-state index is 14.4. The number of nitrogens with zero attached hydrogens (tertiary/aromatic N) is 1. The second kappa shape index (κ2) is 8.94. The maximum Gasteiger partial charge on any atom is 0.412 e. The topological polar surface area (TPSA) is 82.8 Å². The molecule has 1 unspecified atom stereocenters. The minimum atomic E-state index is -4.81. The summed E-state index contributed by atoms with van der Waals surface area (Å²) in [7, 11) is 0. The van der Waals surface area contributed by atoms with Crippen LogP contribution in [0.5, 0.6) is 0 Å². The predicted octanol–water partition coefficient (Wildman–Crippen LogP) is 6.14. The number of hydrogen-bond donors (Lipinski definition) is 2. The van der Waals surface area contributed by atoms with Gasteiger partial charge in [-0.25, -0.2) is 4.79 Å². The molecular weight excluding hydrogens is 461 g/mol. The van der Waals surface area contributed by atoms with Gasteiger partial charge in [0.25, 0.3) is 0 Å². The standard InChI is InChI=1S/C26H27F3N2O4/c1-15-12-17-20(32)14-21(31-10-8-25(2,3)9-11-31)35-22(17)18(13-15)23(26(27,28)29)30-19-7-5-4-6-16(19)24(33)34/h4-7,12-14,23,30H,8-11H2,1-3H3,(H,33,34). The highest BCUT2D eigenvalue weighted by atomic mass is 19.4. The van der Waals surface area contributed by atoms with E-state index in [1.807, 2.05) is 4.90 Å². The molecule has 2 heterocycles. The van der Waals surface area contributed by atoms with Crippen LogP contribution in [0.15, 0.2) is 51.7 Å². The third-order valence-corrected chi connectivity index (χ3v) is 6.51. The number of carboxylic acid groups (broad SMARTS) is 1. The summed E-state index contributed by atoms with van der Waals surface area (Å²) in [5.74, 6) is -1.13. The van der Waals surface area contributed by atoms with Gasteiger partial charge in [0.1, 0.15) is 5.58 Å². The zero-order valence-corrected chi connectivity index (χ0v) is 19.7. The first-order valence-corrected chi connectivity index (χ1v) is 11.3. The van der Waals surface area contributed by atoms with Gasteiger partial charge in [0.05, 0.1) is 10.9 Å². The summed E-state index contributed by atoms with van der Waals surface area (Å²) >= 11 is 0. The van der Waals surface area contributed by atoms with Crippen molar-refractivity contribution in [3.8, 4) is 0 Å². The number of benzene rings is 2. The van der Waals surface area contributed by atoms with Crippen LogP contribution < -0.4 is 15.6 Å². The number of fused-ring (bicyclic) bond motifs is 1. The Morgan fingerprint density at radius 2 is 1.80 bits per heavy atom. The highest BCUT2D eigenvalue weighted by Crippen LogP contribution is 2.41. The number of anilines is 2. The zero-order chi connectivity index (χ0) is 25.5. The minimum Gasteiger partial charge on any atom is -0.478 e. The molecule has 9 heteroatoms. The molecule has 0 saturated carbocycles. The smallest absolute Gasteiger partial charge is 0.412 e. The maximum absolute atomic E-state index is 14.4. The van der Waals surface area contributed by atoms with Gasteiger partial charge in [0, 0.05) is 30.4 Å². The Morgan fingerprint density at radius 1 is 1.14 bits per heavy atom. The molecule has 1 aliphatic heterocycles. The molecule has 35 heavy (non-hydrogen) atoms. The number of hydrogen-bond acceptors (Lipinski definition) is 5. The number of carboxylic acids is 1. The molecule has 0 bridgehead atoms. The van der Waals surface area contributed by atoms with E-state index in [4.69, 9.17) is 4.42 Å². The summed E-state index contributed by atoms with van der Waals surface area (Å²) in [5.41, 5.74) is -0.753. The number of aromatic carboxylic acids is 1. The first-order valence-electron chi connectivity index (χ1n) is 11.3. The fourth-order valence-corrected chi connectivity index (χ4v) is 4.41. The summed E-state index contributed by atoms with van der Waals surface area (Å²) in [5, 5.41) is 11.8. The average molecular weight is 489 g/mol. The minimum absolute atomic E-state index is 0.0451. The molecule has 2 aromatic carbocycles. The van der Waals surface area contributed by atoms with E-state index in [2.05, 4.69) is 19.2 Å². The number of para-hydroxylation sites is 1. The summed E-state index contributed by atoms with van der Waals surface area (Å²) < 4.78 is 49.2. The molecule has 1 aliphatic rings. The van der Waals surface area contributed by atoms with E-state index in [1.54, 1.807) is 6.92 Å². The Balaban J connectivity index is 1.86. The van der Waals surface area contributed by atoms with Crippen LogP contribution >= 0.6 is 0 Å². The molecule has 1 fully saturated rings. The van der Waals surface area contributed by atoms with Crippen LogP contribution in [0.1, 0.15) is 54.2 Å². The Labute approximate surface area is 200 Å². The van der Waals surface area contributed by atoms with E-state index in [0.29, 0.717) is 18.7 Å². The fourth-order valence-electron chi connectivity index (χ4n) is 4.41. The van der Waals surface area contributed by atoms with Crippen LogP contribution in [0.4, 0.5) is 24.7 Å². The third kappa shape index (κ3) is 5.13. The molecule has 1 aromatic heterocycles. The number of alkyl halides is 3. The Bertz CT molecular complexity index is 1320. The van der Waals surface area contributed by atoms with Gasteiger partial charge in [-0.05, 0) is 55.0 Å². The second-order valence-corrected chi connectivity index (χ2v) is 9.80. The lowest BCUT2D eigenvalue weighted by molar-refractivity contribution is -0.143. The number of halogens is 3. The quantitative estimate of drug-likeness (QED) is 0.449. The Kier molecular flexibility index (Phi) is 6.29. The Hall–Kier alpha value is -3.49. The second-order valence-electron chi connectivity index (χ2n) is 9.80. The summed E-state index contributed by atoms with van der Waals surface area (Å²) in [4.78, 5) is 26.4. The predicted molar refractivity (Wildman–Crippen MR) is 128 cm³/mol. The Morgan fingerprint density at radius 3 is 2.43 bits per heavy atom. The van der Waals surface area contributed by atoms with Crippen LogP contribution in [0.2, 0.25) is 0 Å². The van der Waals surface area contributed by atoms with Crippen LogP contribution in [0.3, 0.4) is 0 Å². The molecule has 4 rings (SSSR count). The molecule has 0 aliphatic carbocycles. The SMILES string of the molecule is Cc1cc(C(Nc2ccccc2C(=O)O)C(F)(F)F)c2oc(N3CCC(C)(C)CC3)cc(=O)c2c1. The molecule has 0 amide bonds. The van der Waals surface area contributed by atoms with Gasteiger partial charge in [-0.3, -0.25) is 4.79 Å². The summed E-state index contributed by atoms with van der Waals surface area (Å²) in [6.07, 6.45) is -3.10. The van der Waals surface area contributed by atoms with Gasteiger partial charge in [-0.1, -0.05) is 26.0 Å². The van der Waals surface area contributed by atoms with Gasteiger partial charge < -0.3 is 19.7 Å². The van der Waals surface area contributed by atoms with Crippen LogP contribution in [-0.2, 0) is 0 Å². The van der Waals surface area contributed by atoms with Gasteiger partial charge in [-0.15, -0.1) is 0 Å². The summed E-state index contributed by atoms with van der Waals surface area (Å²) in [6, 6.07) is 7.25. The van der Waals surface area contributed by atoms with Crippen LogP contribution in [0.25, 0.3) is 11.0 Å². The largest absolute Gasteiger partial charge is 0.478 e. The van der Waals surface area contributed by atoms with Crippen molar-refractivity contribution in [2.75, 3.05) is 23.3 Å². The summed E-state index contributed by atoms with van der Waals surface area (Å²) in [6.45, 7) is 7.14. The number of nitrogens with one attached hydrogen (secondary N) is 1. The lowest BCUT2D eigenvalue weighted by Crippen LogP contribution is -2.37. The van der Waals surface area contributed by atoms with Crippen molar-refractivity contribution < 1.29 is 27.5 Å². The molecule has 1 atom stereocenters. The molecule has 0 radical (unpaired) electrons. The van der Waals surface area contributed by atoms with E-state index in [0.717, 1.165) is 12.8 Å². The number of piperidine rings is 1. The van der Waals surface area contributed by atoms with Crippen molar-refractivity contribution in [1.82, 2.24) is 0 Å². The molecule has 2 N–H and O–H groups in total. The molecular formula is C26H27F3N2O4. The third-order valence-electron chi connectivity index (χ3n) is 6.51. The molecule has 0 spiro atoms. The van der Waals surface area contributed by atoms with Crippen molar-refractivity contribution in [3.63, 3.8) is 0 Å². The van der Waals surface area contributed by atoms with Crippen molar-refractivity contribution >= 4 is 28.5 Å². The van der Waals surface area contributed by atoms with E-state index in [1.165, 1.54) is 42.5 Å². The van der Waals surface area contributed by atoms with E-state index >= 15 is 0 Å². The van der Waals surface area contributed by atoms with E-state index < -0.39 is 23.6 Å². The lowest BCUT2D eigenvalue weighted by Gasteiger charge is -2.37. The average Bonchev–Trinajstić information content (AvgIpc) is 2.77. The van der Waals surface area contributed by atoms with E-state index in [9.17, 15) is 27.9 Å². The van der Waals surface area contributed by atoms with Gasteiger partial charge in [0.15, 0.2) is 17.4 Å². The highest BCUT2D eigenvalue weighted by Gasteiger charge is 2.43. The molecule has 3 aromatic rings. The van der Waals surface area contributed by atoms with Crippen molar-refractivity contribution in [1.29, 1.82) is 0 Å². The first-order chi connectivity index (χ1) is 16.4. The fraction of sp³-hybridized carbons (Fsp3) is 0.385. The van der Waals surface area contributed by atoms with Crippen molar-refractivity contribution in [3.05, 3.63) is 69.4 Å². The zero-order valence-electron chi connectivity index (χ0n) is 19.7. The molecule has 186 valence electrons. The first kappa shape index (κ1) is 24.6. The van der Waals surface area contributed by atoms with Gasteiger partial charge >= 0.3 is 12.1 Å². The number of carbonyl (C=O) groups is 1. The van der Waals surface area contributed by atoms with Crippen molar-refractivity contribution in [2.45, 2.75) is 45.8 Å². The van der Waals surface area contributed by atoms with Gasteiger partial charge in [-0.2, -0.15) is 13.2 Å².